The molecule has 21 heavy (non-hydrogen) atoms. The summed E-state index contributed by atoms with van der Waals surface area (Å²) in [5.41, 5.74) is 1.19. The molecule has 3 aromatic rings. The van der Waals surface area contributed by atoms with Gasteiger partial charge < -0.3 is 9.15 Å². The first-order valence-electron chi connectivity index (χ1n) is 6.21. The monoisotopic (exact) mass is 320 g/mol. The molecular formula is C16H10Cl2O3. The van der Waals surface area contributed by atoms with E-state index in [4.69, 9.17) is 32.4 Å². The quantitative estimate of drug-likeness (QED) is 0.477. The number of fused-ring (bicyclic) bond motifs is 1. The number of benzene rings is 2. The van der Waals surface area contributed by atoms with Crippen LogP contribution in [0.2, 0.25) is 10.0 Å². The Morgan fingerprint density at radius 2 is 1.81 bits per heavy atom. The molecule has 2 aromatic carbocycles. The third kappa shape index (κ3) is 2.62. The van der Waals surface area contributed by atoms with Crippen LogP contribution in [0.4, 0.5) is 0 Å². The van der Waals surface area contributed by atoms with Gasteiger partial charge in [-0.3, -0.25) is 0 Å². The van der Waals surface area contributed by atoms with Crippen LogP contribution < -0.4 is 4.74 Å². The number of ether oxygens (including phenoxy) is 1. The summed E-state index contributed by atoms with van der Waals surface area (Å²) in [6.07, 6.45) is 0. The fourth-order valence-electron chi connectivity index (χ4n) is 2.06. The standard InChI is InChI=1S/C16H10Cl2O3/c1-9-12-3-2-4-13(18)15(12)21-14(9)16(19)20-11-7-5-10(17)6-8-11/h2-8H,1H3. The van der Waals surface area contributed by atoms with Crippen LogP contribution in [0, 0.1) is 6.92 Å². The number of hydrogen-bond donors (Lipinski definition) is 0. The molecule has 0 radical (unpaired) electrons. The Morgan fingerprint density at radius 1 is 1.10 bits per heavy atom. The number of esters is 1. The lowest BCUT2D eigenvalue weighted by Crippen LogP contribution is -2.08. The van der Waals surface area contributed by atoms with Gasteiger partial charge >= 0.3 is 5.97 Å². The Morgan fingerprint density at radius 3 is 2.48 bits per heavy atom. The van der Waals surface area contributed by atoms with Gasteiger partial charge in [0.2, 0.25) is 5.76 Å². The molecular weight excluding hydrogens is 311 g/mol. The molecule has 3 nitrogen and oxygen atoms in total. The third-order valence-corrected chi connectivity index (χ3v) is 3.67. The van der Waals surface area contributed by atoms with Gasteiger partial charge in [0.25, 0.3) is 0 Å². The van der Waals surface area contributed by atoms with Gasteiger partial charge in [-0.05, 0) is 37.3 Å². The minimum atomic E-state index is -0.568. The van der Waals surface area contributed by atoms with Crippen LogP contribution in [0.15, 0.2) is 46.9 Å². The summed E-state index contributed by atoms with van der Waals surface area (Å²) >= 11 is 11.9. The highest BCUT2D eigenvalue weighted by molar-refractivity contribution is 6.35. The second-order valence-corrected chi connectivity index (χ2v) is 5.36. The molecule has 3 rings (SSSR count). The molecule has 0 saturated heterocycles. The van der Waals surface area contributed by atoms with E-state index in [1.807, 2.05) is 12.1 Å². The smallest absolute Gasteiger partial charge is 0.379 e. The number of carbonyl (C=O) groups is 1. The summed E-state index contributed by atoms with van der Waals surface area (Å²) in [5.74, 6) is -0.0227. The van der Waals surface area contributed by atoms with Gasteiger partial charge in [-0.1, -0.05) is 35.3 Å². The van der Waals surface area contributed by atoms with Crippen LogP contribution in [0.1, 0.15) is 16.1 Å². The molecule has 0 aliphatic heterocycles. The Labute approximate surface area is 131 Å². The topological polar surface area (TPSA) is 39.4 Å². The van der Waals surface area contributed by atoms with Gasteiger partial charge in [-0.2, -0.15) is 0 Å². The molecule has 0 N–H and O–H groups in total. The average molecular weight is 321 g/mol. The number of para-hydroxylation sites is 1. The van der Waals surface area contributed by atoms with Gasteiger partial charge in [0.1, 0.15) is 5.75 Å². The van der Waals surface area contributed by atoms with Crippen molar-refractivity contribution in [2.45, 2.75) is 6.92 Å². The van der Waals surface area contributed by atoms with Crippen LogP contribution in [0.25, 0.3) is 11.0 Å². The van der Waals surface area contributed by atoms with Crippen LogP contribution in [0.5, 0.6) is 5.75 Å². The maximum atomic E-state index is 12.2. The van der Waals surface area contributed by atoms with Crippen LogP contribution in [-0.2, 0) is 0 Å². The van der Waals surface area contributed by atoms with Crippen LogP contribution in [-0.4, -0.2) is 5.97 Å². The first-order valence-corrected chi connectivity index (χ1v) is 6.97. The molecule has 0 unspecified atom stereocenters. The Hall–Kier alpha value is -1.97. The van der Waals surface area contributed by atoms with Crippen molar-refractivity contribution in [3.63, 3.8) is 0 Å². The van der Waals surface area contributed by atoms with Crippen molar-refractivity contribution in [1.82, 2.24) is 0 Å². The maximum absolute atomic E-state index is 12.2. The minimum Gasteiger partial charge on any atom is -0.447 e. The van der Waals surface area contributed by atoms with Gasteiger partial charge in [0.05, 0.1) is 5.02 Å². The van der Waals surface area contributed by atoms with E-state index >= 15 is 0 Å². The number of rotatable bonds is 2. The van der Waals surface area contributed by atoms with E-state index < -0.39 is 5.97 Å². The first-order chi connectivity index (χ1) is 10.1. The molecule has 1 aromatic heterocycles. The average Bonchev–Trinajstić information content (AvgIpc) is 2.81. The number of aryl methyl sites for hydroxylation is 1. The molecule has 0 saturated carbocycles. The van der Waals surface area contributed by atoms with Gasteiger partial charge in [0, 0.05) is 16.0 Å². The van der Waals surface area contributed by atoms with Gasteiger partial charge in [0.15, 0.2) is 5.58 Å². The summed E-state index contributed by atoms with van der Waals surface area (Å²) in [5, 5.41) is 1.83. The minimum absolute atomic E-state index is 0.146. The predicted octanol–water partition coefficient (Wildman–Crippen LogP) is 5.27. The molecule has 5 heteroatoms. The van der Waals surface area contributed by atoms with Crippen LogP contribution in [0.3, 0.4) is 0 Å². The summed E-state index contributed by atoms with van der Waals surface area (Å²) < 4.78 is 10.8. The molecule has 0 bridgehead atoms. The van der Waals surface area contributed by atoms with E-state index in [9.17, 15) is 4.79 Å². The second-order valence-electron chi connectivity index (χ2n) is 4.52. The lowest BCUT2D eigenvalue weighted by Gasteiger charge is -2.02. The summed E-state index contributed by atoms with van der Waals surface area (Å²) in [6.45, 7) is 1.79. The van der Waals surface area contributed by atoms with Crippen molar-refractivity contribution in [3.05, 3.63) is 63.8 Å². The zero-order chi connectivity index (χ0) is 15.0. The van der Waals surface area contributed by atoms with Crippen molar-refractivity contribution in [3.8, 4) is 5.75 Å². The van der Waals surface area contributed by atoms with Crippen LogP contribution >= 0.6 is 23.2 Å². The molecule has 0 atom stereocenters. The van der Waals surface area contributed by atoms with Crippen molar-refractivity contribution >= 4 is 40.1 Å². The highest BCUT2D eigenvalue weighted by atomic mass is 35.5. The summed E-state index contributed by atoms with van der Waals surface area (Å²) in [7, 11) is 0. The molecule has 0 aliphatic carbocycles. The molecule has 106 valence electrons. The number of carbonyl (C=O) groups excluding carboxylic acids is 1. The molecule has 0 spiro atoms. The number of hydrogen-bond acceptors (Lipinski definition) is 3. The molecule has 0 aliphatic rings. The summed E-state index contributed by atoms with van der Waals surface area (Å²) in [4.78, 5) is 12.2. The largest absolute Gasteiger partial charge is 0.447 e. The van der Waals surface area contributed by atoms with E-state index in [2.05, 4.69) is 0 Å². The molecule has 0 amide bonds. The van der Waals surface area contributed by atoms with E-state index in [1.165, 1.54) is 0 Å². The van der Waals surface area contributed by atoms with Gasteiger partial charge in [-0.25, -0.2) is 4.79 Å². The van der Waals surface area contributed by atoms with Crippen molar-refractivity contribution in [2.75, 3.05) is 0 Å². The normalized spacial score (nSPS) is 10.8. The van der Waals surface area contributed by atoms with Crippen molar-refractivity contribution in [2.24, 2.45) is 0 Å². The van der Waals surface area contributed by atoms with E-state index in [-0.39, 0.29) is 5.76 Å². The highest BCUT2D eigenvalue weighted by Crippen LogP contribution is 2.31. The maximum Gasteiger partial charge on any atom is 0.379 e. The highest BCUT2D eigenvalue weighted by Gasteiger charge is 2.20. The van der Waals surface area contributed by atoms with E-state index in [0.29, 0.717) is 26.9 Å². The summed E-state index contributed by atoms with van der Waals surface area (Å²) in [6, 6.07) is 11.9. The fourth-order valence-corrected chi connectivity index (χ4v) is 2.40. The zero-order valence-corrected chi connectivity index (χ0v) is 12.5. The lowest BCUT2D eigenvalue weighted by molar-refractivity contribution is 0.0703. The first kappa shape index (κ1) is 14.0. The predicted molar refractivity (Wildman–Crippen MR) is 82.4 cm³/mol. The Kier molecular flexibility index (Phi) is 3.62. The Bertz CT molecular complexity index is 819. The molecule has 1 heterocycles. The number of furan rings is 1. The third-order valence-electron chi connectivity index (χ3n) is 3.13. The Balaban J connectivity index is 1.96. The van der Waals surface area contributed by atoms with E-state index in [0.717, 1.165) is 5.39 Å². The van der Waals surface area contributed by atoms with Gasteiger partial charge in [-0.15, -0.1) is 0 Å². The van der Waals surface area contributed by atoms with Crippen molar-refractivity contribution < 1.29 is 13.9 Å². The lowest BCUT2D eigenvalue weighted by atomic mass is 10.1. The molecule has 0 fully saturated rings. The zero-order valence-electron chi connectivity index (χ0n) is 11.0. The fraction of sp³-hybridized carbons (Fsp3) is 0.0625. The number of halogens is 2. The van der Waals surface area contributed by atoms with E-state index in [1.54, 1.807) is 37.3 Å². The SMILES string of the molecule is Cc1c(C(=O)Oc2ccc(Cl)cc2)oc2c(Cl)cccc12. The second kappa shape index (κ2) is 5.43. The van der Waals surface area contributed by atoms with Crippen molar-refractivity contribution in [1.29, 1.82) is 0 Å².